The van der Waals surface area contributed by atoms with Crippen molar-refractivity contribution in [3.8, 4) is 5.75 Å². The lowest BCUT2D eigenvalue weighted by Gasteiger charge is -2.34. The molecule has 1 aliphatic rings. The summed E-state index contributed by atoms with van der Waals surface area (Å²) in [6.07, 6.45) is 0.712. The van der Waals surface area contributed by atoms with E-state index in [1.165, 1.54) is 26.1 Å². The Balaban J connectivity index is 1.72. The maximum atomic E-state index is 10.3. The zero-order valence-electron chi connectivity index (χ0n) is 17.1. The van der Waals surface area contributed by atoms with Gasteiger partial charge in [-0.3, -0.25) is 0 Å². The van der Waals surface area contributed by atoms with Crippen LogP contribution in [-0.2, 0) is 11.2 Å². The van der Waals surface area contributed by atoms with E-state index in [9.17, 15) is 10.2 Å². The van der Waals surface area contributed by atoms with Crippen molar-refractivity contribution in [3.05, 3.63) is 63.5 Å². The Morgan fingerprint density at radius 3 is 2.66 bits per heavy atom. The van der Waals surface area contributed by atoms with E-state index in [2.05, 4.69) is 50.2 Å². The van der Waals surface area contributed by atoms with Gasteiger partial charge >= 0.3 is 0 Å². The van der Waals surface area contributed by atoms with Crippen molar-refractivity contribution >= 4 is 21.4 Å². The van der Waals surface area contributed by atoms with E-state index >= 15 is 0 Å². The smallest absolute Gasteiger partial charge is 0.127 e. The molecule has 3 atom stereocenters. The van der Waals surface area contributed by atoms with Gasteiger partial charge in [-0.15, -0.1) is 11.3 Å². The highest BCUT2D eigenvalue weighted by Gasteiger charge is 2.32. The molecule has 0 amide bonds. The molecular formula is C24H28O4S. The van der Waals surface area contributed by atoms with E-state index < -0.39 is 6.10 Å². The molecule has 2 unspecified atom stereocenters. The van der Waals surface area contributed by atoms with Gasteiger partial charge in [-0.2, -0.15) is 0 Å². The van der Waals surface area contributed by atoms with Crippen molar-refractivity contribution < 1.29 is 19.7 Å². The molecule has 4 nitrogen and oxygen atoms in total. The van der Waals surface area contributed by atoms with Gasteiger partial charge in [0.05, 0.1) is 32.0 Å². The lowest BCUT2D eigenvalue weighted by Crippen LogP contribution is -2.33. The first-order valence-electron chi connectivity index (χ1n) is 10.1. The zero-order valence-corrected chi connectivity index (χ0v) is 18.0. The number of aliphatic hydroxyl groups is 2. The molecule has 3 aromatic rings. The summed E-state index contributed by atoms with van der Waals surface area (Å²) in [5.74, 6) is 0.818. The van der Waals surface area contributed by atoms with Gasteiger partial charge in [-0.1, -0.05) is 18.2 Å². The number of benzene rings is 2. The molecule has 0 saturated carbocycles. The minimum absolute atomic E-state index is 0.0879. The maximum absolute atomic E-state index is 10.3. The van der Waals surface area contributed by atoms with Gasteiger partial charge < -0.3 is 19.7 Å². The molecule has 2 heterocycles. The number of hydrogen-bond donors (Lipinski definition) is 2. The second-order valence-corrected chi connectivity index (χ2v) is 9.06. The van der Waals surface area contributed by atoms with Crippen LogP contribution in [0.25, 0.3) is 10.1 Å². The van der Waals surface area contributed by atoms with Crippen molar-refractivity contribution in [1.29, 1.82) is 0 Å². The fourth-order valence-electron chi connectivity index (χ4n) is 4.30. The van der Waals surface area contributed by atoms with E-state index in [1.54, 1.807) is 7.11 Å². The molecule has 0 spiro atoms. The van der Waals surface area contributed by atoms with Crippen LogP contribution in [-0.4, -0.2) is 36.1 Å². The molecule has 2 aromatic carbocycles. The van der Waals surface area contributed by atoms with Crippen molar-refractivity contribution in [2.24, 2.45) is 0 Å². The van der Waals surface area contributed by atoms with Crippen LogP contribution in [0.1, 0.15) is 46.1 Å². The molecule has 154 valence electrons. The quantitative estimate of drug-likeness (QED) is 0.638. The first kappa shape index (κ1) is 20.4. The molecule has 1 fully saturated rings. The summed E-state index contributed by atoms with van der Waals surface area (Å²) in [5, 5.41) is 21.1. The topological polar surface area (TPSA) is 58.9 Å². The Labute approximate surface area is 175 Å². The standard InChI is InChI=1S/C24H28O4S/c1-14-15(2)24(27-3)21(22-12-18(26)11-19(13-25)28-22)10-17(14)9-20-8-16-6-4-5-7-23(16)29-20/h4-8,10,18-19,22,25-26H,9,11-13H2,1-3H3/t18-,19?,22?/m0/s1. The Morgan fingerprint density at radius 2 is 1.93 bits per heavy atom. The molecule has 1 saturated heterocycles. The minimum atomic E-state index is -0.483. The Hall–Kier alpha value is -1.92. The highest BCUT2D eigenvalue weighted by atomic mass is 32.1. The van der Waals surface area contributed by atoms with Gasteiger partial charge in [0.25, 0.3) is 0 Å². The van der Waals surface area contributed by atoms with Crippen LogP contribution >= 0.6 is 11.3 Å². The van der Waals surface area contributed by atoms with Crippen LogP contribution in [0.5, 0.6) is 5.75 Å². The van der Waals surface area contributed by atoms with Crippen LogP contribution in [0.4, 0.5) is 0 Å². The van der Waals surface area contributed by atoms with E-state index in [4.69, 9.17) is 9.47 Å². The number of ether oxygens (including phenoxy) is 2. The van der Waals surface area contributed by atoms with Crippen LogP contribution in [0, 0.1) is 13.8 Å². The lowest BCUT2D eigenvalue weighted by molar-refractivity contribution is -0.114. The summed E-state index contributed by atoms with van der Waals surface area (Å²) in [7, 11) is 1.68. The highest BCUT2D eigenvalue weighted by molar-refractivity contribution is 7.19. The lowest BCUT2D eigenvalue weighted by atomic mass is 9.89. The fourth-order valence-corrected chi connectivity index (χ4v) is 5.39. The first-order valence-corrected chi connectivity index (χ1v) is 10.9. The van der Waals surface area contributed by atoms with Gasteiger partial charge in [0.2, 0.25) is 0 Å². The molecule has 0 aliphatic carbocycles. The molecule has 1 aliphatic heterocycles. The van der Waals surface area contributed by atoms with Gasteiger partial charge in [0.1, 0.15) is 5.75 Å². The number of aliphatic hydroxyl groups excluding tert-OH is 2. The summed E-state index contributed by atoms with van der Waals surface area (Å²) in [6, 6.07) is 12.9. The highest BCUT2D eigenvalue weighted by Crippen LogP contribution is 2.41. The third-order valence-corrected chi connectivity index (χ3v) is 7.07. The fraction of sp³-hybridized carbons (Fsp3) is 0.417. The van der Waals surface area contributed by atoms with Crippen molar-refractivity contribution in [2.45, 2.75) is 51.4 Å². The summed E-state index contributed by atoms with van der Waals surface area (Å²) in [4.78, 5) is 1.32. The zero-order chi connectivity index (χ0) is 20.5. The predicted molar refractivity (Wildman–Crippen MR) is 117 cm³/mol. The Bertz CT molecular complexity index is 977. The molecule has 2 N–H and O–H groups in total. The van der Waals surface area contributed by atoms with Gasteiger partial charge in [0, 0.05) is 34.4 Å². The number of hydrogen-bond acceptors (Lipinski definition) is 5. The normalized spacial score (nSPS) is 22.2. The van der Waals surface area contributed by atoms with E-state index in [-0.39, 0.29) is 18.8 Å². The summed E-state index contributed by atoms with van der Waals surface area (Å²) < 4.78 is 13.1. The Morgan fingerprint density at radius 1 is 1.14 bits per heavy atom. The summed E-state index contributed by atoms with van der Waals surface area (Å²) >= 11 is 1.83. The predicted octanol–water partition coefficient (Wildman–Crippen LogP) is 4.69. The average Bonchev–Trinajstić information content (AvgIpc) is 3.13. The monoisotopic (exact) mass is 412 g/mol. The van der Waals surface area contributed by atoms with Gasteiger partial charge in [-0.25, -0.2) is 0 Å². The molecule has 5 heteroatoms. The number of fused-ring (bicyclic) bond motifs is 1. The van der Waals surface area contributed by atoms with Crippen molar-refractivity contribution in [3.63, 3.8) is 0 Å². The van der Waals surface area contributed by atoms with E-state index in [0.29, 0.717) is 12.8 Å². The second-order valence-electron chi connectivity index (χ2n) is 7.89. The summed E-state index contributed by atoms with van der Waals surface area (Å²) in [6.45, 7) is 4.13. The van der Waals surface area contributed by atoms with E-state index in [0.717, 1.165) is 23.3 Å². The molecule has 4 rings (SSSR count). The SMILES string of the molecule is COc1c(C2C[C@@H](O)CC(CO)O2)cc(Cc2cc3ccccc3s2)c(C)c1C. The molecule has 0 radical (unpaired) electrons. The molecule has 0 bridgehead atoms. The van der Waals surface area contributed by atoms with Crippen LogP contribution < -0.4 is 4.74 Å². The summed E-state index contributed by atoms with van der Waals surface area (Å²) in [5.41, 5.74) is 4.53. The van der Waals surface area contributed by atoms with Gasteiger partial charge in [0.15, 0.2) is 0 Å². The Kier molecular flexibility index (Phi) is 5.93. The first-order chi connectivity index (χ1) is 14.0. The largest absolute Gasteiger partial charge is 0.496 e. The van der Waals surface area contributed by atoms with Crippen LogP contribution in [0.15, 0.2) is 36.4 Å². The van der Waals surface area contributed by atoms with E-state index in [1.807, 2.05) is 11.3 Å². The number of rotatable bonds is 5. The minimum Gasteiger partial charge on any atom is -0.496 e. The van der Waals surface area contributed by atoms with Crippen molar-refractivity contribution in [2.75, 3.05) is 13.7 Å². The number of thiophene rings is 1. The van der Waals surface area contributed by atoms with Crippen LogP contribution in [0.2, 0.25) is 0 Å². The third-order valence-electron chi connectivity index (χ3n) is 5.95. The molecular weight excluding hydrogens is 384 g/mol. The van der Waals surface area contributed by atoms with Gasteiger partial charge in [-0.05, 0) is 54.1 Å². The van der Waals surface area contributed by atoms with Crippen LogP contribution in [0.3, 0.4) is 0 Å². The molecule has 29 heavy (non-hydrogen) atoms. The van der Waals surface area contributed by atoms with Crippen molar-refractivity contribution in [1.82, 2.24) is 0 Å². The third kappa shape index (κ3) is 4.05. The maximum Gasteiger partial charge on any atom is 0.127 e. The number of methoxy groups -OCH3 is 1. The second kappa shape index (κ2) is 8.44. The molecule has 1 aromatic heterocycles. The average molecular weight is 413 g/mol.